The lowest BCUT2D eigenvalue weighted by molar-refractivity contribution is -0.117. The van der Waals surface area contributed by atoms with Gasteiger partial charge in [-0.2, -0.15) is 0 Å². The first-order chi connectivity index (χ1) is 9.62. The summed E-state index contributed by atoms with van der Waals surface area (Å²) in [6.07, 6.45) is 2.14. The van der Waals surface area contributed by atoms with E-state index >= 15 is 0 Å². The highest BCUT2D eigenvalue weighted by molar-refractivity contribution is 5.95. The molecule has 110 valence electrons. The van der Waals surface area contributed by atoms with Crippen LogP contribution < -0.4 is 11.1 Å². The van der Waals surface area contributed by atoms with E-state index in [1.165, 1.54) is 0 Å². The number of rotatable bonds is 8. The predicted molar refractivity (Wildman–Crippen MR) is 84.5 cm³/mol. The van der Waals surface area contributed by atoms with E-state index in [2.05, 4.69) is 30.6 Å². The Labute approximate surface area is 121 Å². The molecule has 0 radical (unpaired) electrons. The fourth-order valence-electron chi connectivity index (χ4n) is 1.98. The topological polar surface area (TPSA) is 58.4 Å². The van der Waals surface area contributed by atoms with Crippen LogP contribution in [0.1, 0.15) is 25.8 Å². The zero-order valence-electron chi connectivity index (χ0n) is 12.4. The Morgan fingerprint density at radius 3 is 2.65 bits per heavy atom. The van der Waals surface area contributed by atoms with E-state index in [4.69, 9.17) is 5.73 Å². The fraction of sp³-hybridized carbons (Fsp3) is 0.438. The number of nitrogens with two attached hydrogens (primary N) is 1. The van der Waals surface area contributed by atoms with E-state index in [1.54, 1.807) is 6.08 Å². The molecular formula is C16H25N3O. The van der Waals surface area contributed by atoms with Crippen LogP contribution in [0.4, 0.5) is 5.69 Å². The molecule has 1 unspecified atom stereocenters. The zero-order chi connectivity index (χ0) is 15.0. The van der Waals surface area contributed by atoms with Gasteiger partial charge in [0.1, 0.15) is 0 Å². The molecule has 0 aliphatic heterocycles. The van der Waals surface area contributed by atoms with Crippen molar-refractivity contribution in [2.24, 2.45) is 5.73 Å². The summed E-state index contributed by atoms with van der Waals surface area (Å²) >= 11 is 0. The molecule has 1 atom stereocenters. The summed E-state index contributed by atoms with van der Waals surface area (Å²) in [6, 6.07) is 7.30. The lowest BCUT2D eigenvalue weighted by Crippen LogP contribution is -2.35. The number of carbonyl (C=O) groups is 1. The molecule has 0 fully saturated rings. The van der Waals surface area contributed by atoms with Crippen LogP contribution in [0.3, 0.4) is 0 Å². The van der Waals surface area contributed by atoms with Crippen LogP contribution in [0.5, 0.6) is 0 Å². The lowest BCUT2D eigenvalue weighted by atomic mass is 10.1. The SMILES string of the molecule is C=CCC(N)C(=O)Nc1ccccc1CN(CC)CC. The van der Waals surface area contributed by atoms with E-state index in [0.717, 1.165) is 30.9 Å². The van der Waals surface area contributed by atoms with E-state index < -0.39 is 6.04 Å². The molecule has 20 heavy (non-hydrogen) atoms. The number of nitrogens with one attached hydrogen (secondary N) is 1. The first-order valence-electron chi connectivity index (χ1n) is 7.09. The summed E-state index contributed by atoms with van der Waals surface area (Å²) in [5.41, 5.74) is 7.73. The lowest BCUT2D eigenvalue weighted by Gasteiger charge is -2.20. The Hall–Kier alpha value is -1.65. The number of hydrogen-bond acceptors (Lipinski definition) is 3. The van der Waals surface area contributed by atoms with Crippen LogP contribution >= 0.6 is 0 Å². The van der Waals surface area contributed by atoms with Crippen LogP contribution in [0.15, 0.2) is 36.9 Å². The van der Waals surface area contributed by atoms with Gasteiger partial charge in [-0.1, -0.05) is 38.1 Å². The number of carbonyl (C=O) groups excluding carboxylic acids is 1. The standard InChI is InChI=1S/C16H25N3O/c1-4-9-14(17)16(20)18-15-11-8-7-10-13(15)12-19(5-2)6-3/h4,7-8,10-11,14H,1,5-6,9,12,17H2,2-3H3,(H,18,20). The van der Waals surface area contributed by atoms with Gasteiger partial charge in [-0.05, 0) is 31.1 Å². The molecule has 0 saturated heterocycles. The van der Waals surface area contributed by atoms with Crippen LogP contribution in [0.25, 0.3) is 0 Å². The highest BCUT2D eigenvalue weighted by Gasteiger charge is 2.14. The maximum Gasteiger partial charge on any atom is 0.241 e. The molecular weight excluding hydrogens is 250 g/mol. The van der Waals surface area contributed by atoms with Crippen molar-refractivity contribution in [2.45, 2.75) is 32.9 Å². The van der Waals surface area contributed by atoms with Crippen molar-refractivity contribution in [2.75, 3.05) is 18.4 Å². The minimum atomic E-state index is -0.547. The summed E-state index contributed by atoms with van der Waals surface area (Å²) in [5.74, 6) is -0.170. The van der Waals surface area contributed by atoms with Crippen molar-refractivity contribution in [3.8, 4) is 0 Å². The molecule has 0 saturated carbocycles. The molecule has 0 bridgehead atoms. The Balaban J connectivity index is 2.79. The molecule has 1 amide bonds. The molecule has 0 spiro atoms. The van der Waals surface area contributed by atoms with Crippen molar-refractivity contribution >= 4 is 11.6 Å². The van der Waals surface area contributed by atoms with Crippen molar-refractivity contribution < 1.29 is 4.79 Å². The maximum atomic E-state index is 12.0. The van der Waals surface area contributed by atoms with Crippen LogP contribution in [-0.4, -0.2) is 29.9 Å². The molecule has 1 rings (SSSR count). The summed E-state index contributed by atoms with van der Waals surface area (Å²) in [5, 5.41) is 2.91. The normalized spacial score (nSPS) is 12.2. The summed E-state index contributed by atoms with van der Waals surface area (Å²) in [4.78, 5) is 14.3. The molecule has 0 aromatic heterocycles. The van der Waals surface area contributed by atoms with Gasteiger partial charge in [-0.3, -0.25) is 9.69 Å². The van der Waals surface area contributed by atoms with Crippen molar-refractivity contribution in [3.05, 3.63) is 42.5 Å². The number of nitrogens with zero attached hydrogens (tertiary/aromatic N) is 1. The number of hydrogen-bond donors (Lipinski definition) is 2. The molecule has 4 nitrogen and oxygen atoms in total. The smallest absolute Gasteiger partial charge is 0.241 e. The monoisotopic (exact) mass is 275 g/mol. The van der Waals surface area contributed by atoms with Gasteiger partial charge in [0.25, 0.3) is 0 Å². The van der Waals surface area contributed by atoms with Crippen LogP contribution in [0, 0.1) is 0 Å². The molecule has 4 heteroatoms. The minimum Gasteiger partial charge on any atom is -0.324 e. The summed E-state index contributed by atoms with van der Waals surface area (Å²) in [7, 11) is 0. The summed E-state index contributed by atoms with van der Waals surface area (Å²) in [6.45, 7) is 10.6. The van der Waals surface area contributed by atoms with E-state index in [0.29, 0.717) is 6.42 Å². The number of amides is 1. The quantitative estimate of drug-likeness (QED) is 0.716. The molecule has 1 aromatic carbocycles. The Kier molecular flexibility index (Phi) is 6.98. The second-order valence-corrected chi connectivity index (χ2v) is 4.74. The second kappa shape index (κ2) is 8.51. The highest BCUT2D eigenvalue weighted by atomic mass is 16.2. The van der Waals surface area contributed by atoms with Gasteiger partial charge in [0.15, 0.2) is 0 Å². The van der Waals surface area contributed by atoms with Crippen molar-refractivity contribution in [1.82, 2.24) is 4.90 Å². The molecule has 0 aliphatic rings. The third kappa shape index (κ3) is 4.79. The molecule has 1 aromatic rings. The molecule has 0 aliphatic carbocycles. The van der Waals surface area contributed by atoms with E-state index in [1.807, 2.05) is 24.3 Å². The van der Waals surface area contributed by atoms with Gasteiger partial charge in [0.2, 0.25) is 5.91 Å². The van der Waals surface area contributed by atoms with Gasteiger partial charge in [-0.25, -0.2) is 0 Å². The third-order valence-corrected chi connectivity index (χ3v) is 3.32. The van der Waals surface area contributed by atoms with Crippen molar-refractivity contribution in [1.29, 1.82) is 0 Å². The van der Waals surface area contributed by atoms with Crippen LogP contribution in [-0.2, 0) is 11.3 Å². The highest BCUT2D eigenvalue weighted by Crippen LogP contribution is 2.17. The summed E-state index contributed by atoms with van der Waals surface area (Å²) < 4.78 is 0. The van der Waals surface area contributed by atoms with Crippen LogP contribution in [0.2, 0.25) is 0 Å². The number of anilines is 1. The first kappa shape index (κ1) is 16.4. The maximum absolute atomic E-state index is 12.0. The largest absolute Gasteiger partial charge is 0.324 e. The second-order valence-electron chi connectivity index (χ2n) is 4.74. The third-order valence-electron chi connectivity index (χ3n) is 3.32. The van der Waals surface area contributed by atoms with Gasteiger partial charge >= 0.3 is 0 Å². The fourth-order valence-corrected chi connectivity index (χ4v) is 1.98. The molecule has 0 heterocycles. The van der Waals surface area contributed by atoms with Gasteiger partial charge in [0, 0.05) is 12.2 Å². The van der Waals surface area contributed by atoms with Gasteiger partial charge < -0.3 is 11.1 Å². The Morgan fingerprint density at radius 2 is 2.05 bits per heavy atom. The van der Waals surface area contributed by atoms with Gasteiger partial charge in [0.05, 0.1) is 6.04 Å². The molecule has 3 N–H and O–H groups in total. The minimum absolute atomic E-state index is 0.170. The zero-order valence-corrected chi connectivity index (χ0v) is 12.4. The average molecular weight is 275 g/mol. The average Bonchev–Trinajstić information content (AvgIpc) is 2.46. The van der Waals surface area contributed by atoms with E-state index in [9.17, 15) is 4.79 Å². The number of para-hydroxylation sites is 1. The first-order valence-corrected chi connectivity index (χ1v) is 7.09. The van der Waals surface area contributed by atoms with E-state index in [-0.39, 0.29) is 5.91 Å². The predicted octanol–water partition coefficient (Wildman–Crippen LogP) is 2.37. The number of benzene rings is 1. The van der Waals surface area contributed by atoms with Gasteiger partial charge in [-0.15, -0.1) is 6.58 Å². The Morgan fingerprint density at radius 1 is 1.40 bits per heavy atom. The Bertz CT molecular complexity index is 441. The van der Waals surface area contributed by atoms with Crippen molar-refractivity contribution in [3.63, 3.8) is 0 Å².